The van der Waals surface area contributed by atoms with Gasteiger partial charge in [-0.05, 0) is 63.2 Å². The van der Waals surface area contributed by atoms with E-state index in [1.807, 2.05) is 38.1 Å². The Bertz CT molecular complexity index is 1360. The van der Waals surface area contributed by atoms with Crippen molar-refractivity contribution in [2.75, 3.05) is 17.7 Å². The zero-order valence-corrected chi connectivity index (χ0v) is 19.4. The maximum Gasteiger partial charge on any atom is 0.272 e. The van der Waals surface area contributed by atoms with Crippen molar-refractivity contribution in [3.05, 3.63) is 70.6 Å². The minimum Gasteiger partial charge on any atom is -0.497 e. The Labute approximate surface area is 195 Å². The Balaban J connectivity index is 1.45. The summed E-state index contributed by atoms with van der Waals surface area (Å²) in [6.45, 7) is 5.55. The molecule has 1 unspecified atom stereocenters. The van der Waals surface area contributed by atoms with Gasteiger partial charge < -0.3 is 20.4 Å². The molecule has 0 aliphatic carbocycles. The van der Waals surface area contributed by atoms with E-state index in [-0.39, 0.29) is 11.8 Å². The molecule has 0 saturated carbocycles. The predicted molar refractivity (Wildman–Crippen MR) is 129 cm³/mol. The number of halogens is 1. The number of anilines is 2. The standard InChI is InChI=1S/C24H24ClN5O3/c1-13-9-14(2)30(29-13)15(3)23(31)28-20-8-6-17(11-19(20)25)26-24(32)22-10-16-5-7-18(33-4)12-21(16)27-22/h5-12,15,27H,1-4H3,(H,26,32)(H,28,31). The third-order valence-corrected chi connectivity index (χ3v) is 5.66. The van der Waals surface area contributed by atoms with Gasteiger partial charge in [0.25, 0.3) is 5.91 Å². The van der Waals surface area contributed by atoms with Crippen molar-refractivity contribution in [2.24, 2.45) is 0 Å². The minimum atomic E-state index is -0.505. The lowest BCUT2D eigenvalue weighted by molar-refractivity contribution is -0.119. The summed E-state index contributed by atoms with van der Waals surface area (Å²) in [6, 6.07) is 13.6. The highest BCUT2D eigenvalue weighted by Crippen LogP contribution is 2.27. The van der Waals surface area contributed by atoms with Crippen LogP contribution in [0.4, 0.5) is 11.4 Å². The fraction of sp³-hybridized carbons (Fsp3) is 0.208. The first kappa shape index (κ1) is 22.4. The second-order valence-corrected chi connectivity index (χ2v) is 8.23. The number of rotatable bonds is 6. The van der Waals surface area contributed by atoms with Crippen LogP contribution in [0.15, 0.2) is 48.5 Å². The van der Waals surface area contributed by atoms with Crippen molar-refractivity contribution in [3.63, 3.8) is 0 Å². The number of nitrogens with zero attached hydrogens (tertiary/aromatic N) is 2. The number of fused-ring (bicyclic) bond motifs is 1. The summed E-state index contributed by atoms with van der Waals surface area (Å²) < 4.78 is 6.89. The van der Waals surface area contributed by atoms with E-state index in [1.165, 1.54) is 0 Å². The molecule has 9 heteroatoms. The lowest BCUT2D eigenvalue weighted by atomic mass is 10.2. The van der Waals surface area contributed by atoms with E-state index in [1.54, 1.807) is 43.0 Å². The Kier molecular flexibility index (Phi) is 6.11. The molecule has 2 amide bonds. The van der Waals surface area contributed by atoms with Gasteiger partial charge in [0.2, 0.25) is 5.91 Å². The van der Waals surface area contributed by atoms with E-state index in [9.17, 15) is 9.59 Å². The van der Waals surface area contributed by atoms with E-state index >= 15 is 0 Å². The lowest BCUT2D eigenvalue weighted by Crippen LogP contribution is -2.25. The zero-order valence-electron chi connectivity index (χ0n) is 18.7. The fourth-order valence-corrected chi connectivity index (χ4v) is 3.86. The zero-order chi connectivity index (χ0) is 23.7. The Hall–Kier alpha value is -3.78. The van der Waals surface area contributed by atoms with Gasteiger partial charge in [-0.25, -0.2) is 0 Å². The smallest absolute Gasteiger partial charge is 0.272 e. The number of aryl methyl sites for hydroxylation is 2. The molecule has 2 aromatic carbocycles. The van der Waals surface area contributed by atoms with Gasteiger partial charge in [0.1, 0.15) is 17.5 Å². The monoisotopic (exact) mass is 465 g/mol. The van der Waals surface area contributed by atoms with Crippen molar-refractivity contribution in [1.82, 2.24) is 14.8 Å². The molecule has 0 fully saturated rings. The van der Waals surface area contributed by atoms with Crippen LogP contribution in [0.3, 0.4) is 0 Å². The molecule has 3 N–H and O–H groups in total. The molecule has 0 bridgehead atoms. The fourth-order valence-electron chi connectivity index (χ4n) is 3.63. The van der Waals surface area contributed by atoms with Crippen LogP contribution in [-0.2, 0) is 4.79 Å². The van der Waals surface area contributed by atoms with Crippen LogP contribution in [0.25, 0.3) is 10.9 Å². The second-order valence-electron chi connectivity index (χ2n) is 7.82. The molecular weight excluding hydrogens is 442 g/mol. The van der Waals surface area contributed by atoms with Gasteiger partial charge in [-0.15, -0.1) is 0 Å². The first-order chi connectivity index (χ1) is 15.7. The van der Waals surface area contributed by atoms with Crippen molar-refractivity contribution in [3.8, 4) is 5.75 Å². The van der Waals surface area contributed by atoms with Gasteiger partial charge in [0.05, 0.1) is 23.5 Å². The molecule has 2 aromatic heterocycles. The normalized spacial score (nSPS) is 11.9. The van der Waals surface area contributed by atoms with Gasteiger partial charge in [-0.3, -0.25) is 14.3 Å². The molecule has 0 spiro atoms. The van der Waals surface area contributed by atoms with E-state index in [0.29, 0.717) is 27.8 Å². The van der Waals surface area contributed by atoms with Crippen LogP contribution in [-0.4, -0.2) is 33.7 Å². The van der Waals surface area contributed by atoms with Crippen LogP contribution in [0.5, 0.6) is 5.75 Å². The van der Waals surface area contributed by atoms with Crippen molar-refractivity contribution < 1.29 is 14.3 Å². The number of hydrogen-bond acceptors (Lipinski definition) is 4. The molecule has 0 radical (unpaired) electrons. The molecule has 1 atom stereocenters. The number of H-pyrrole nitrogens is 1. The minimum absolute atomic E-state index is 0.242. The molecule has 0 saturated heterocycles. The molecule has 2 heterocycles. The van der Waals surface area contributed by atoms with Gasteiger partial charge in [0.15, 0.2) is 0 Å². The van der Waals surface area contributed by atoms with Crippen molar-refractivity contribution in [1.29, 1.82) is 0 Å². The number of ether oxygens (including phenoxy) is 1. The van der Waals surface area contributed by atoms with E-state index in [0.717, 1.165) is 22.3 Å². The average molecular weight is 466 g/mol. The molecule has 4 aromatic rings. The van der Waals surface area contributed by atoms with Crippen LogP contribution >= 0.6 is 11.6 Å². The number of methoxy groups -OCH3 is 1. The number of carbonyl (C=O) groups is 2. The Morgan fingerprint density at radius 1 is 1.09 bits per heavy atom. The van der Waals surface area contributed by atoms with Crippen molar-refractivity contribution in [2.45, 2.75) is 26.8 Å². The average Bonchev–Trinajstić information content (AvgIpc) is 3.36. The summed E-state index contributed by atoms with van der Waals surface area (Å²) in [5.41, 5.74) is 3.91. The van der Waals surface area contributed by atoms with E-state index in [4.69, 9.17) is 16.3 Å². The third-order valence-electron chi connectivity index (χ3n) is 5.35. The quantitative estimate of drug-likeness (QED) is 0.369. The second kappa shape index (κ2) is 8.99. The molecule has 0 aliphatic heterocycles. The van der Waals surface area contributed by atoms with E-state index in [2.05, 4.69) is 20.7 Å². The van der Waals surface area contributed by atoms with E-state index < -0.39 is 6.04 Å². The van der Waals surface area contributed by atoms with Crippen molar-refractivity contribution >= 4 is 45.7 Å². The lowest BCUT2D eigenvalue weighted by Gasteiger charge is -2.15. The topological polar surface area (TPSA) is 101 Å². The number of aromatic amines is 1. The number of nitrogens with one attached hydrogen (secondary N) is 3. The van der Waals surface area contributed by atoms with Gasteiger partial charge in [-0.1, -0.05) is 11.6 Å². The first-order valence-electron chi connectivity index (χ1n) is 10.4. The molecular formula is C24H24ClN5O3. The van der Waals surface area contributed by atoms with Gasteiger partial charge in [-0.2, -0.15) is 5.10 Å². The molecule has 4 rings (SSSR count). The number of amides is 2. The highest BCUT2D eigenvalue weighted by atomic mass is 35.5. The van der Waals surface area contributed by atoms with Crippen LogP contribution < -0.4 is 15.4 Å². The first-order valence-corrected chi connectivity index (χ1v) is 10.7. The summed E-state index contributed by atoms with van der Waals surface area (Å²) in [6.07, 6.45) is 0. The summed E-state index contributed by atoms with van der Waals surface area (Å²) >= 11 is 6.38. The molecule has 33 heavy (non-hydrogen) atoms. The summed E-state index contributed by atoms with van der Waals surface area (Å²) in [5, 5.41) is 11.2. The number of carbonyl (C=O) groups excluding carboxylic acids is 2. The SMILES string of the molecule is COc1ccc2cc(C(=O)Nc3ccc(NC(=O)C(C)n4nc(C)cc4C)c(Cl)c3)[nH]c2c1. The van der Waals surface area contributed by atoms with Gasteiger partial charge in [0, 0.05) is 28.4 Å². The maximum absolute atomic E-state index is 12.7. The molecule has 170 valence electrons. The number of benzene rings is 2. The van der Waals surface area contributed by atoms with Crippen LogP contribution in [0.2, 0.25) is 5.02 Å². The Morgan fingerprint density at radius 2 is 1.88 bits per heavy atom. The van der Waals surface area contributed by atoms with Crippen LogP contribution in [0.1, 0.15) is 34.8 Å². The highest BCUT2D eigenvalue weighted by Gasteiger charge is 2.19. The summed E-state index contributed by atoms with van der Waals surface area (Å²) in [7, 11) is 1.59. The highest BCUT2D eigenvalue weighted by molar-refractivity contribution is 6.34. The summed E-state index contributed by atoms with van der Waals surface area (Å²) in [5.74, 6) is 0.150. The third kappa shape index (κ3) is 4.70. The molecule has 8 nitrogen and oxygen atoms in total. The predicted octanol–water partition coefficient (Wildman–Crippen LogP) is 5.10. The van der Waals surface area contributed by atoms with Crippen LogP contribution in [0, 0.1) is 13.8 Å². The number of aromatic nitrogens is 3. The molecule has 0 aliphatic rings. The largest absolute Gasteiger partial charge is 0.497 e. The Morgan fingerprint density at radius 3 is 2.55 bits per heavy atom. The number of hydrogen-bond donors (Lipinski definition) is 3. The van der Waals surface area contributed by atoms with Gasteiger partial charge >= 0.3 is 0 Å². The maximum atomic E-state index is 12.7. The summed E-state index contributed by atoms with van der Waals surface area (Å²) in [4.78, 5) is 28.5.